The maximum Gasteiger partial charge on any atom is 0.270 e. The van der Waals surface area contributed by atoms with Gasteiger partial charge in [-0.15, -0.1) is 0 Å². The summed E-state index contributed by atoms with van der Waals surface area (Å²) < 4.78 is 0. The van der Waals surface area contributed by atoms with Crippen LogP contribution in [0.2, 0.25) is 0 Å². The van der Waals surface area contributed by atoms with E-state index < -0.39 is 4.92 Å². The van der Waals surface area contributed by atoms with E-state index >= 15 is 0 Å². The number of nitro groups is 1. The Morgan fingerprint density at radius 2 is 2.14 bits per heavy atom. The zero-order chi connectivity index (χ0) is 15.2. The smallest absolute Gasteiger partial charge is 0.270 e. The standard InChI is InChI=1S/C15H23N3O3/c1-2-3-4-14(17-9-7-16-8-10-17)13-11-12(18(20)21)5-6-15(13)19/h5-6,11,14,16,19H,2-4,7-10H2,1H3/t14-/m0/s1. The first kappa shape index (κ1) is 15.7. The Morgan fingerprint density at radius 3 is 2.76 bits per heavy atom. The molecule has 1 aromatic rings. The molecule has 116 valence electrons. The molecule has 2 rings (SSSR count). The van der Waals surface area contributed by atoms with Crippen molar-refractivity contribution < 1.29 is 10.0 Å². The first-order valence-electron chi connectivity index (χ1n) is 7.55. The lowest BCUT2D eigenvalue weighted by Crippen LogP contribution is -2.45. The lowest BCUT2D eigenvalue weighted by atomic mass is 9.97. The van der Waals surface area contributed by atoms with E-state index in [4.69, 9.17) is 0 Å². The quantitative estimate of drug-likeness (QED) is 0.622. The molecule has 6 nitrogen and oxygen atoms in total. The molecule has 21 heavy (non-hydrogen) atoms. The molecule has 1 fully saturated rings. The molecule has 0 radical (unpaired) electrons. The molecular formula is C15H23N3O3. The minimum atomic E-state index is -0.405. The molecule has 0 amide bonds. The summed E-state index contributed by atoms with van der Waals surface area (Å²) in [7, 11) is 0. The fraction of sp³-hybridized carbons (Fsp3) is 0.600. The number of phenolic OH excluding ortho intramolecular Hbond substituents is 1. The van der Waals surface area contributed by atoms with E-state index in [2.05, 4.69) is 17.1 Å². The molecule has 0 aliphatic carbocycles. The molecule has 0 spiro atoms. The van der Waals surface area contributed by atoms with Gasteiger partial charge in [0.1, 0.15) is 5.75 Å². The van der Waals surface area contributed by atoms with Crippen molar-refractivity contribution in [3.8, 4) is 5.75 Å². The van der Waals surface area contributed by atoms with Gasteiger partial charge in [0.15, 0.2) is 0 Å². The van der Waals surface area contributed by atoms with E-state index in [0.717, 1.165) is 45.4 Å². The van der Waals surface area contributed by atoms with Crippen LogP contribution in [-0.4, -0.2) is 41.1 Å². The van der Waals surface area contributed by atoms with E-state index in [9.17, 15) is 15.2 Å². The summed E-state index contributed by atoms with van der Waals surface area (Å²) in [5, 5.41) is 24.4. The second kappa shape index (κ2) is 7.38. The second-order valence-corrected chi connectivity index (χ2v) is 5.44. The van der Waals surface area contributed by atoms with E-state index in [1.54, 1.807) is 0 Å². The Hall–Kier alpha value is -1.66. The molecule has 1 heterocycles. The third kappa shape index (κ3) is 3.92. The van der Waals surface area contributed by atoms with Crippen molar-refractivity contribution in [3.05, 3.63) is 33.9 Å². The van der Waals surface area contributed by atoms with Gasteiger partial charge in [-0.2, -0.15) is 0 Å². The summed E-state index contributed by atoms with van der Waals surface area (Å²) in [6, 6.07) is 4.37. The van der Waals surface area contributed by atoms with Crippen molar-refractivity contribution in [1.82, 2.24) is 10.2 Å². The molecule has 1 aromatic carbocycles. The summed E-state index contributed by atoms with van der Waals surface area (Å²) in [5.74, 6) is 0.153. The number of nitrogens with one attached hydrogen (secondary N) is 1. The monoisotopic (exact) mass is 293 g/mol. The zero-order valence-corrected chi connectivity index (χ0v) is 12.4. The third-order valence-corrected chi connectivity index (χ3v) is 4.00. The summed E-state index contributed by atoms with van der Waals surface area (Å²) in [6.45, 7) is 5.76. The molecule has 0 saturated carbocycles. The van der Waals surface area contributed by atoms with E-state index in [-0.39, 0.29) is 17.5 Å². The van der Waals surface area contributed by atoms with Gasteiger partial charge in [-0.3, -0.25) is 15.0 Å². The normalized spacial score (nSPS) is 17.6. The highest BCUT2D eigenvalue weighted by Crippen LogP contribution is 2.35. The van der Waals surface area contributed by atoms with Gasteiger partial charge in [0.05, 0.1) is 4.92 Å². The van der Waals surface area contributed by atoms with Gasteiger partial charge in [-0.25, -0.2) is 0 Å². The highest BCUT2D eigenvalue weighted by atomic mass is 16.6. The summed E-state index contributed by atoms with van der Waals surface area (Å²) in [6.07, 6.45) is 3.01. The molecule has 0 unspecified atom stereocenters. The third-order valence-electron chi connectivity index (χ3n) is 4.00. The van der Waals surface area contributed by atoms with E-state index in [1.165, 1.54) is 18.2 Å². The number of aromatic hydroxyl groups is 1. The van der Waals surface area contributed by atoms with Gasteiger partial charge in [0.25, 0.3) is 5.69 Å². The van der Waals surface area contributed by atoms with Crippen LogP contribution in [0.5, 0.6) is 5.75 Å². The molecule has 1 saturated heterocycles. The zero-order valence-electron chi connectivity index (χ0n) is 12.4. The first-order chi connectivity index (χ1) is 10.1. The van der Waals surface area contributed by atoms with Crippen molar-refractivity contribution in [2.24, 2.45) is 0 Å². The molecule has 1 aliphatic heterocycles. The van der Waals surface area contributed by atoms with Crippen LogP contribution in [-0.2, 0) is 0 Å². The number of hydrogen-bond donors (Lipinski definition) is 2. The molecule has 2 N–H and O–H groups in total. The summed E-state index contributed by atoms with van der Waals surface area (Å²) >= 11 is 0. The Labute approximate surface area is 124 Å². The Balaban J connectivity index is 2.30. The van der Waals surface area contributed by atoms with Gasteiger partial charge >= 0.3 is 0 Å². The van der Waals surface area contributed by atoms with Crippen molar-refractivity contribution in [1.29, 1.82) is 0 Å². The molecule has 6 heteroatoms. The first-order valence-corrected chi connectivity index (χ1v) is 7.55. The Kier molecular flexibility index (Phi) is 5.52. The maximum atomic E-state index is 11.0. The fourth-order valence-corrected chi connectivity index (χ4v) is 2.85. The van der Waals surface area contributed by atoms with Crippen LogP contribution in [0.1, 0.15) is 37.8 Å². The predicted octanol–water partition coefficient (Wildman–Crippen LogP) is 2.44. The molecule has 0 aromatic heterocycles. The highest BCUT2D eigenvalue weighted by molar-refractivity contribution is 5.44. The van der Waals surface area contributed by atoms with Gasteiger partial charge in [0.2, 0.25) is 0 Å². The lowest BCUT2D eigenvalue weighted by molar-refractivity contribution is -0.385. The van der Waals surface area contributed by atoms with Crippen molar-refractivity contribution in [2.45, 2.75) is 32.2 Å². The topological polar surface area (TPSA) is 78.6 Å². The predicted molar refractivity (Wildman–Crippen MR) is 81.5 cm³/mol. The largest absolute Gasteiger partial charge is 0.508 e. The number of unbranched alkanes of at least 4 members (excludes halogenated alkanes) is 1. The van der Waals surface area contributed by atoms with Crippen LogP contribution in [0.4, 0.5) is 5.69 Å². The minimum Gasteiger partial charge on any atom is -0.508 e. The average molecular weight is 293 g/mol. The number of rotatable bonds is 6. The number of nitrogens with zero attached hydrogens (tertiary/aromatic N) is 2. The average Bonchev–Trinajstić information content (AvgIpc) is 2.50. The van der Waals surface area contributed by atoms with Crippen LogP contribution >= 0.6 is 0 Å². The number of nitro benzene ring substituents is 1. The maximum absolute atomic E-state index is 11.0. The van der Waals surface area contributed by atoms with Gasteiger partial charge < -0.3 is 10.4 Å². The minimum absolute atomic E-state index is 0.0411. The van der Waals surface area contributed by atoms with E-state index in [1.807, 2.05) is 0 Å². The van der Waals surface area contributed by atoms with Crippen LogP contribution in [0, 0.1) is 10.1 Å². The number of phenols is 1. The Morgan fingerprint density at radius 1 is 1.43 bits per heavy atom. The van der Waals surface area contributed by atoms with Crippen LogP contribution in [0.3, 0.4) is 0 Å². The molecular weight excluding hydrogens is 270 g/mol. The molecule has 1 aliphatic rings. The fourth-order valence-electron chi connectivity index (χ4n) is 2.85. The van der Waals surface area contributed by atoms with Crippen LogP contribution in [0.15, 0.2) is 18.2 Å². The highest BCUT2D eigenvalue weighted by Gasteiger charge is 2.25. The van der Waals surface area contributed by atoms with Crippen molar-refractivity contribution >= 4 is 5.69 Å². The number of piperazine rings is 1. The van der Waals surface area contributed by atoms with Crippen LogP contribution in [0.25, 0.3) is 0 Å². The SMILES string of the molecule is CCCC[C@@H](c1cc([N+](=O)[O-])ccc1O)N1CCNCC1. The Bertz CT molecular complexity index is 487. The van der Waals surface area contributed by atoms with Gasteiger partial charge in [-0.1, -0.05) is 19.8 Å². The number of benzene rings is 1. The van der Waals surface area contributed by atoms with E-state index in [0.29, 0.717) is 5.56 Å². The van der Waals surface area contributed by atoms with Gasteiger partial charge in [0, 0.05) is 49.9 Å². The van der Waals surface area contributed by atoms with Crippen molar-refractivity contribution in [3.63, 3.8) is 0 Å². The molecule has 0 bridgehead atoms. The second-order valence-electron chi connectivity index (χ2n) is 5.44. The number of hydrogen-bond acceptors (Lipinski definition) is 5. The number of non-ortho nitro benzene ring substituents is 1. The van der Waals surface area contributed by atoms with Crippen LogP contribution < -0.4 is 5.32 Å². The lowest BCUT2D eigenvalue weighted by Gasteiger charge is -2.35. The van der Waals surface area contributed by atoms with Gasteiger partial charge in [-0.05, 0) is 12.5 Å². The van der Waals surface area contributed by atoms with Crippen molar-refractivity contribution in [2.75, 3.05) is 26.2 Å². The molecule has 1 atom stereocenters. The summed E-state index contributed by atoms with van der Waals surface area (Å²) in [5.41, 5.74) is 0.721. The summed E-state index contributed by atoms with van der Waals surface area (Å²) in [4.78, 5) is 12.9.